The molecule has 0 heterocycles. The topological polar surface area (TPSA) is 41.1 Å². The molecule has 0 aromatic heterocycles. The van der Waals surface area contributed by atoms with Crippen molar-refractivity contribution in [2.75, 3.05) is 5.32 Å². The van der Waals surface area contributed by atoms with Crippen LogP contribution in [0.3, 0.4) is 0 Å². The summed E-state index contributed by atoms with van der Waals surface area (Å²) in [6.45, 7) is 6.34. The standard InChI is InChI=1S/C17H18N2O/c1-13(2)15-8-10-16(11-9-15)19-17(20)18-12-14-6-4-3-5-7-14/h3-11H,1,12H2,2H3,(H2,18,19,20). The van der Waals surface area contributed by atoms with Gasteiger partial charge in [-0.3, -0.25) is 0 Å². The second-order valence-corrected chi connectivity index (χ2v) is 4.65. The molecule has 2 aromatic rings. The fourth-order valence-electron chi connectivity index (χ4n) is 1.79. The molecule has 0 radical (unpaired) electrons. The minimum atomic E-state index is -0.211. The number of carbonyl (C=O) groups excluding carboxylic acids is 1. The zero-order valence-corrected chi connectivity index (χ0v) is 11.5. The number of urea groups is 1. The first-order chi connectivity index (χ1) is 9.65. The zero-order chi connectivity index (χ0) is 14.4. The fourth-order valence-corrected chi connectivity index (χ4v) is 1.79. The van der Waals surface area contributed by atoms with Gasteiger partial charge in [-0.2, -0.15) is 0 Å². The Morgan fingerprint density at radius 3 is 2.30 bits per heavy atom. The zero-order valence-electron chi connectivity index (χ0n) is 11.5. The number of benzene rings is 2. The summed E-state index contributed by atoms with van der Waals surface area (Å²) in [5, 5.41) is 5.62. The molecule has 0 saturated carbocycles. The number of hydrogen-bond acceptors (Lipinski definition) is 1. The molecule has 102 valence electrons. The number of carbonyl (C=O) groups is 1. The smallest absolute Gasteiger partial charge is 0.319 e. The number of hydrogen-bond donors (Lipinski definition) is 2. The summed E-state index contributed by atoms with van der Waals surface area (Å²) in [5.41, 5.74) is 3.91. The van der Waals surface area contributed by atoms with Gasteiger partial charge in [-0.1, -0.05) is 54.6 Å². The lowest BCUT2D eigenvalue weighted by molar-refractivity contribution is 0.251. The molecule has 2 amide bonds. The van der Waals surface area contributed by atoms with Crippen LogP contribution in [-0.4, -0.2) is 6.03 Å². The van der Waals surface area contributed by atoms with Gasteiger partial charge in [0.25, 0.3) is 0 Å². The van der Waals surface area contributed by atoms with Crippen molar-refractivity contribution in [1.29, 1.82) is 0 Å². The van der Waals surface area contributed by atoms with Crippen LogP contribution in [0.5, 0.6) is 0 Å². The molecule has 0 atom stereocenters. The van der Waals surface area contributed by atoms with E-state index in [1.54, 1.807) is 0 Å². The lowest BCUT2D eigenvalue weighted by Gasteiger charge is -2.08. The maximum Gasteiger partial charge on any atom is 0.319 e. The van der Waals surface area contributed by atoms with Crippen molar-refractivity contribution < 1.29 is 4.79 Å². The van der Waals surface area contributed by atoms with Crippen molar-refractivity contribution in [2.24, 2.45) is 0 Å². The van der Waals surface area contributed by atoms with Crippen LogP contribution in [0, 0.1) is 0 Å². The summed E-state index contributed by atoms with van der Waals surface area (Å²) in [6, 6.07) is 17.2. The highest BCUT2D eigenvalue weighted by atomic mass is 16.2. The molecule has 3 heteroatoms. The van der Waals surface area contributed by atoms with E-state index in [2.05, 4.69) is 17.2 Å². The monoisotopic (exact) mass is 266 g/mol. The second-order valence-electron chi connectivity index (χ2n) is 4.65. The van der Waals surface area contributed by atoms with Gasteiger partial charge >= 0.3 is 6.03 Å². The highest BCUT2D eigenvalue weighted by Gasteiger charge is 2.01. The lowest BCUT2D eigenvalue weighted by Crippen LogP contribution is -2.28. The number of amides is 2. The van der Waals surface area contributed by atoms with Crippen molar-refractivity contribution in [3.05, 3.63) is 72.3 Å². The molecule has 2 N–H and O–H groups in total. The molecule has 0 aliphatic carbocycles. The Balaban J connectivity index is 1.86. The van der Waals surface area contributed by atoms with Crippen LogP contribution >= 0.6 is 0 Å². The minimum Gasteiger partial charge on any atom is -0.334 e. The van der Waals surface area contributed by atoms with Crippen LogP contribution in [-0.2, 0) is 6.54 Å². The third-order valence-corrected chi connectivity index (χ3v) is 2.93. The molecular formula is C17H18N2O. The van der Waals surface area contributed by atoms with E-state index in [1.165, 1.54) is 0 Å². The normalized spacial score (nSPS) is 9.85. The van der Waals surface area contributed by atoms with E-state index in [-0.39, 0.29) is 6.03 Å². The van der Waals surface area contributed by atoms with Crippen molar-refractivity contribution in [2.45, 2.75) is 13.5 Å². The van der Waals surface area contributed by atoms with Gasteiger partial charge in [-0.25, -0.2) is 4.79 Å². The lowest BCUT2D eigenvalue weighted by atomic mass is 10.1. The number of rotatable bonds is 4. The van der Waals surface area contributed by atoms with Crippen LogP contribution in [0.4, 0.5) is 10.5 Å². The van der Waals surface area contributed by atoms with Crippen LogP contribution in [0.25, 0.3) is 5.57 Å². The van der Waals surface area contributed by atoms with Crippen LogP contribution in [0.2, 0.25) is 0 Å². The van der Waals surface area contributed by atoms with Crippen LogP contribution < -0.4 is 10.6 Å². The van der Waals surface area contributed by atoms with Gasteiger partial charge in [0, 0.05) is 12.2 Å². The predicted molar refractivity (Wildman–Crippen MR) is 83.5 cm³/mol. The Kier molecular flexibility index (Phi) is 4.56. The van der Waals surface area contributed by atoms with E-state index >= 15 is 0 Å². The average Bonchev–Trinajstić information content (AvgIpc) is 2.47. The maximum atomic E-state index is 11.8. The third-order valence-electron chi connectivity index (χ3n) is 2.93. The van der Waals surface area contributed by atoms with Crippen LogP contribution in [0.15, 0.2) is 61.2 Å². The van der Waals surface area contributed by atoms with Crippen molar-refractivity contribution >= 4 is 17.3 Å². The first-order valence-corrected chi connectivity index (χ1v) is 6.50. The highest BCUT2D eigenvalue weighted by molar-refractivity contribution is 5.89. The first-order valence-electron chi connectivity index (χ1n) is 6.50. The van der Waals surface area contributed by atoms with E-state index in [0.717, 1.165) is 22.4 Å². The summed E-state index contributed by atoms with van der Waals surface area (Å²) in [7, 11) is 0. The molecule has 20 heavy (non-hydrogen) atoms. The van der Waals surface area contributed by atoms with Gasteiger partial charge in [0.1, 0.15) is 0 Å². The Morgan fingerprint density at radius 2 is 1.70 bits per heavy atom. The van der Waals surface area contributed by atoms with Gasteiger partial charge < -0.3 is 10.6 Å². The quantitative estimate of drug-likeness (QED) is 0.861. The van der Waals surface area contributed by atoms with E-state index in [9.17, 15) is 4.79 Å². The van der Waals surface area contributed by atoms with Crippen LogP contribution in [0.1, 0.15) is 18.1 Å². The third kappa shape index (κ3) is 3.99. The van der Waals surface area contributed by atoms with Crippen molar-refractivity contribution in [3.8, 4) is 0 Å². The molecule has 0 spiro atoms. The Bertz CT molecular complexity index is 588. The molecule has 2 rings (SSSR count). The van der Waals surface area contributed by atoms with E-state index in [1.807, 2.05) is 61.5 Å². The van der Waals surface area contributed by atoms with Gasteiger partial charge in [0.05, 0.1) is 0 Å². The molecular weight excluding hydrogens is 248 g/mol. The number of nitrogens with one attached hydrogen (secondary N) is 2. The molecule has 3 nitrogen and oxygen atoms in total. The molecule has 2 aromatic carbocycles. The largest absolute Gasteiger partial charge is 0.334 e. The van der Waals surface area contributed by atoms with E-state index < -0.39 is 0 Å². The SMILES string of the molecule is C=C(C)c1ccc(NC(=O)NCc2ccccc2)cc1. The van der Waals surface area contributed by atoms with Gasteiger partial charge in [-0.15, -0.1) is 0 Å². The maximum absolute atomic E-state index is 11.8. The highest BCUT2D eigenvalue weighted by Crippen LogP contribution is 2.15. The van der Waals surface area contributed by atoms with Gasteiger partial charge in [0.2, 0.25) is 0 Å². The first kappa shape index (κ1) is 13.9. The molecule has 0 aliphatic heterocycles. The molecule has 0 saturated heterocycles. The van der Waals surface area contributed by atoms with Crippen molar-refractivity contribution in [3.63, 3.8) is 0 Å². The van der Waals surface area contributed by atoms with Gasteiger partial charge in [0.15, 0.2) is 0 Å². The second kappa shape index (κ2) is 6.57. The Morgan fingerprint density at radius 1 is 1.05 bits per heavy atom. The summed E-state index contributed by atoms with van der Waals surface area (Å²) >= 11 is 0. The Labute approximate surface area is 119 Å². The number of anilines is 1. The average molecular weight is 266 g/mol. The summed E-state index contributed by atoms with van der Waals surface area (Å²) in [5.74, 6) is 0. The molecule has 0 aliphatic rings. The van der Waals surface area contributed by atoms with E-state index in [0.29, 0.717) is 6.54 Å². The molecule has 0 bridgehead atoms. The predicted octanol–water partition coefficient (Wildman–Crippen LogP) is 4.04. The van der Waals surface area contributed by atoms with Gasteiger partial charge in [-0.05, 0) is 30.2 Å². The molecule has 0 fully saturated rings. The van der Waals surface area contributed by atoms with Crippen molar-refractivity contribution in [1.82, 2.24) is 5.32 Å². The van der Waals surface area contributed by atoms with E-state index in [4.69, 9.17) is 0 Å². The summed E-state index contributed by atoms with van der Waals surface area (Å²) < 4.78 is 0. The Hall–Kier alpha value is -2.55. The molecule has 0 unspecified atom stereocenters. The number of allylic oxidation sites excluding steroid dienone is 1. The summed E-state index contributed by atoms with van der Waals surface area (Å²) in [4.78, 5) is 11.8. The fraction of sp³-hybridized carbons (Fsp3) is 0.118. The summed E-state index contributed by atoms with van der Waals surface area (Å²) in [6.07, 6.45) is 0. The minimum absolute atomic E-state index is 0.211.